The molecule has 2 aromatic carbocycles. The third-order valence-electron chi connectivity index (χ3n) is 3.84. The number of methoxy groups -OCH3 is 1. The van der Waals surface area contributed by atoms with Crippen LogP contribution in [0.4, 0.5) is 11.4 Å². The van der Waals surface area contributed by atoms with Gasteiger partial charge in [-0.25, -0.2) is 9.78 Å². The minimum Gasteiger partial charge on any atom is -0.495 e. The lowest BCUT2D eigenvalue weighted by Gasteiger charge is -2.11. The second kappa shape index (κ2) is 8.82. The smallest absolute Gasteiger partial charge is 0.335 e. The number of hydrogen-bond donors (Lipinski definition) is 2. The number of aromatic carboxylic acids is 1. The van der Waals surface area contributed by atoms with Crippen LogP contribution >= 0.6 is 11.3 Å². The number of hydrogen-bond acceptors (Lipinski definition) is 8. The molecule has 1 aromatic heterocycles. The first kappa shape index (κ1) is 21.8. The molecular formula is C19H13N3O7S2. The Morgan fingerprint density at radius 3 is 2.55 bits per heavy atom. The average Bonchev–Trinajstić information content (AvgIpc) is 3.22. The van der Waals surface area contributed by atoms with Crippen molar-refractivity contribution in [3.63, 3.8) is 0 Å². The highest BCUT2D eigenvalue weighted by atomic mass is 32.2. The summed E-state index contributed by atoms with van der Waals surface area (Å²) in [7, 11) is -2.79. The van der Waals surface area contributed by atoms with Crippen molar-refractivity contribution >= 4 is 38.7 Å². The number of carbonyl (C=O) groups is 1. The number of anilines is 1. The van der Waals surface area contributed by atoms with Crippen LogP contribution in [-0.2, 0) is 10.0 Å². The molecular weight excluding hydrogens is 446 g/mol. The molecule has 3 aromatic rings. The van der Waals surface area contributed by atoms with Crippen molar-refractivity contribution in [2.24, 2.45) is 0 Å². The number of aromatic nitrogens is 1. The first-order chi connectivity index (χ1) is 14.7. The Morgan fingerprint density at radius 1 is 1.23 bits per heavy atom. The summed E-state index contributed by atoms with van der Waals surface area (Å²) in [6.07, 6.45) is 0. The Balaban J connectivity index is 1.80. The van der Waals surface area contributed by atoms with Gasteiger partial charge < -0.3 is 9.84 Å². The lowest BCUT2D eigenvalue weighted by Crippen LogP contribution is -2.14. The molecule has 10 nitrogen and oxygen atoms in total. The lowest BCUT2D eigenvalue weighted by atomic mass is 10.2. The summed E-state index contributed by atoms with van der Waals surface area (Å²) in [5.41, 5.74) is 0.439. The van der Waals surface area contributed by atoms with Gasteiger partial charge in [0.25, 0.3) is 15.7 Å². The number of nitro benzene ring substituents is 1. The number of sulfonamides is 1. The first-order valence-corrected chi connectivity index (χ1v) is 10.7. The van der Waals surface area contributed by atoms with Crippen molar-refractivity contribution in [3.8, 4) is 17.6 Å². The van der Waals surface area contributed by atoms with E-state index >= 15 is 0 Å². The van der Waals surface area contributed by atoms with Crippen LogP contribution < -0.4 is 9.46 Å². The van der Waals surface area contributed by atoms with Gasteiger partial charge >= 0.3 is 5.97 Å². The predicted molar refractivity (Wildman–Crippen MR) is 112 cm³/mol. The number of nitrogens with zero attached hydrogens (tertiary/aromatic N) is 2. The van der Waals surface area contributed by atoms with E-state index in [2.05, 4.69) is 21.5 Å². The molecule has 0 aliphatic heterocycles. The van der Waals surface area contributed by atoms with Crippen LogP contribution in [0.25, 0.3) is 0 Å². The number of thiazole rings is 1. The fraction of sp³-hybridized carbons (Fsp3) is 0.0526. The molecule has 2 N–H and O–H groups in total. The van der Waals surface area contributed by atoms with Crippen LogP contribution in [-0.4, -0.2) is 36.5 Å². The zero-order valence-electron chi connectivity index (χ0n) is 15.7. The largest absolute Gasteiger partial charge is 0.495 e. The highest BCUT2D eigenvalue weighted by Gasteiger charge is 2.20. The predicted octanol–water partition coefficient (Wildman–Crippen LogP) is 2.96. The molecule has 0 saturated carbocycles. The van der Waals surface area contributed by atoms with E-state index in [1.807, 2.05) is 0 Å². The molecule has 0 aliphatic carbocycles. The molecule has 31 heavy (non-hydrogen) atoms. The van der Waals surface area contributed by atoms with Gasteiger partial charge in [0.05, 0.1) is 23.3 Å². The number of benzene rings is 2. The topological polar surface area (TPSA) is 149 Å². The maximum atomic E-state index is 12.6. The Hall–Kier alpha value is -3.95. The molecule has 12 heteroatoms. The molecule has 0 bridgehead atoms. The summed E-state index contributed by atoms with van der Waals surface area (Å²) in [6, 6.07) is 9.30. The normalized spacial score (nSPS) is 10.6. The van der Waals surface area contributed by atoms with Crippen molar-refractivity contribution in [1.29, 1.82) is 0 Å². The second-order valence-electron chi connectivity index (χ2n) is 5.87. The summed E-state index contributed by atoms with van der Waals surface area (Å²) in [5, 5.41) is 21.0. The van der Waals surface area contributed by atoms with E-state index in [1.54, 1.807) is 0 Å². The Morgan fingerprint density at radius 2 is 1.94 bits per heavy atom. The Kier molecular flexibility index (Phi) is 6.19. The Labute approximate surface area is 180 Å². The molecule has 0 aliphatic rings. The zero-order chi connectivity index (χ0) is 22.6. The number of nitrogens with one attached hydrogen (secondary N) is 1. The van der Waals surface area contributed by atoms with Crippen LogP contribution in [0.2, 0.25) is 0 Å². The van der Waals surface area contributed by atoms with E-state index in [0.717, 1.165) is 11.3 Å². The maximum Gasteiger partial charge on any atom is 0.335 e. The first-order valence-electron chi connectivity index (χ1n) is 8.36. The van der Waals surface area contributed by atoms with Gasteiger partial charge in [0.1, 0.15) is 5.75 Å². The van der Waals surface area contributed by atoms with Gasteiger partial charge in [-0.15, -0.1) is 11.3 Å². The van der Waals surface area contributed by atoms with E-state index in [4.69, 9.17) is 9.84 Å². The third kappa shape index (κ3) is 5.16. The van der Waals surface area contributed by atoms with Crippen LogP contribution in [0.15, 0.2) is 52.9 Å². The number of rotatable bonds is 6. The average molecular weight is 459 g/mol. The van der Waals surface area contributed by atoms with Crippen molar-refractivity contribution in [2.45, 2.75) is 5.03 Å². The molecule has 0 fully saturated rings. The maximum absolute atomic E-state index is 12.6. The minimum atomic E-state index is -4.08. The third-order valence-corrected chi connectivity index (χ3v) is 6.00. The van der Waals surface area contributed by atoms with Crippen LogP contribution in [0.3, 0.4) is 0 Å². The molecule has 0 spiro atoms. The monoisotopic (exact) mass is 459 g/mol. The van der Waals surface area contributed by atoms with E-state index < -0.39 is 20.9 Å². The highest BCUT2D eigenvalue weighted by molar-refractivity contribution is 7.92. The molecule has 0 radical (unpaired) electrons. The molecule has 0 saturated heterocycles. The number of nitro groups is 1. The van der Waals surface area contributed by atoms with Gasteiger partial charge in [-0.2, -0.15) is 8.42 Å². The molecule has 158 valence electrons. The molecule has 0 unspecified atom stereocenters. The fourth-order valence-electron chi connectivity index (χ4n) is 2.34. The number of carboxylic acids is 1. The molecule has 1 heterocycles. The molecule has 0 amide bonds. The van der Waals surface area contributed by atoms with Gasteiger partial charge in [0.15, 0.2) is 10.0 Å². The lowest BCUT2D eigenvalue weighted by molar-refractivity contribution is -0.384. The van der Waals surface area contributed by atoms with E-state index in [1.165, 1.54) is 55.0 Å². The second-order valence-corrected chi connectivity index (χ2v) is 8.36. The van der Waals surface area contributed by atoms with E-state index in [0.29, 0.717) is 5.56 Å². The SMILES string of the molecule is COc1cc(C(=O)O)ccc1NS(=O)(=O)c1csc(C#Cc2ccc([N+](=O)[O-])cc2)n1. The van der Waals surface area contributed by atoms with Crippen LogP contribution in [0.5, 0.6) is 5.75 Å². The van der Waals surface area contributed by atoms with Crippen LogP contribution in [0.1, 0.15) is 20.9 Å². The standard InChI is InChI=1S/C19H13N3O7S2/c1-29-16-10-13(19(23)24)5-8-15(16)21-31(27,28)18-11-30-17(20-18)9-4-12-2-6-14(7-3-12)22(25)26/h2-3,5-8,10-11,21H,1H3,(H,23,24). The summed E-state index contributed by atoms with van der Waals surface area (Å²) in [4.78, 5) is 25.2. The summed E-state index contributed by atoms with van der Waals surface area (Å²) in [5.74, 6) is 4.34. The van der Waals surface area contributed by atoms with E-state index in [-0.39, 0.29) is 32.7 Å². The summed E-state index contributed by atoms with van der Waals surface area (Å²) >= 11 is 1.01. The van der Waals surface area contributed by atoms with Crippen molar-refractivity contribution in [3.05, 3.63) is 74.1 Å². The Bertz CT molecular complexity index is 1320. The number of non-ortho nitro benzene ring substituents is 1. The molecule has 0 atom stereocenters. The number of ether oxygens (including phenoxy) is 1. The summed E-state index contributed by atoms with van der Waals surface area (Å²) in [6.45, 7) is 0. The number of carboxylic acid groups (broad SMARTS) is 1. The minimum absolute atomic E-state index is 0.0388. The summed E-state index contributed by atoms with van der Waals surface area (Å²) < 4.78 is 32.6. The van der Waals surface area contributed by atoms with Gasteiger partial charge in [-0.3, -0.25) is 14.8 Å². The van der Waals surface area contributed by atoms with Crippen molar-refractivity contribution < 1.29 is 28.0 Å². The van der Waals surface area contributed by atoms with Gasteiger partial charge in [0.2, 0.25) is 0 Å². The van der Waals surface area contributed by atoms with Crippen molar-refractivity contribution in [2.75, 3.05) is 11.8 Å². The zero-order valence-corrected chi connectivity index (χ0v) is 17.4. The fourth-order valence-corrected chi connectivity index (χ4v) is 4.35. The van der Waals surface area contributed by atoms with Gasteiger partial charge in [-0.1, -0.05) is 5.92 Å². The van der Waals surface area contributed by atoms with Crippen LogP contribution in [0, 0.1) is 22.0 Å². The van der Waals surface area contributed by atoms with Gasteiger partial charge in [0, 0.05) is 23.1 Å². The quantitative estimate of drug-likeness (QED) is 0.325. The van der Waals surface area contributed by atoms with E-state index in [9.17, 15) is 23.3 Å². The highest BCUT2D eigenvalue weighted by Crippen LogP contribution is 2.28. The van der Waals surface area contributed by atoms with Gasteiger partial charge in [-0.05, 0) is 36.3 Å². The molecule has 3 rings (SSSR count). The van der Waals surface area contributed by atoms with Crippen molar-refractivity contribution in [1.82, 2.24) is 4.98 Å².